The fourth-order valence-corrected chi connectivity index (χ4v) is 3.19. The Morgan fingerprint density at radius 1 is 1.24 bits per heavy atom. The molecule has 3 nitrogen and oxygen atoms in total. The van der Waals surface area contributed by atoms with Crippen molar-refractivity contribution in [2.24, 2.45) is 0 Å². The predicted molar refractivity (Wildman–Crippen MR) is 87.6 cm³/mol. The summed E-state index contributed by atoms with van der Waals surface area (Å²) in [6.07, 6.45) is 0. The summed E-state index contributed by atoms with van der Waals surface area (Å²) in [7, 11) is 1.99. The van der Waals surface area contributed by atoms with Crippen molar-refractivity contribution >= 4 is 28.1 Å². The van der Waals surface area contributed by atoms with Crippen molar-refractivity contribution in [3.8, 4) is 6.07 Å². The van der Waals surface area contributed by atoms with Gasteiger partial charge in [0.05, 0.1) is 17.1 Å². The average Bonchev–Trinajstić information content (AvgIpc) is 3.06. The zero-order chi connectivity index (χ0) is 14.8. The number of benzene rings is 1. The van der Waals surface area contributed by atoms with E-state index in [0.29, 0.717) is 5.56 Å². The first kappa shape index (κ1) is 13.6. The molecule has 21 heavy (non-hydrogen) atoms. The van der Waals surface area contributed by atoms with Crippen LogP contribution in [-0.2, 0) is 0 Å². The van der Waals surface area contributed by atoms with Crippen LogP contribution < -0.4 is 4.90 Å². The van der Waals surface area contributed by atoms with Crippen molar-refractivity contribution in [3.63, 3.8) is 0 Å². The third kappa shape index (κ3) is 2.48. The third-order valence-corrected chi connectivity index (χ3v) is 4.74. The number of hydrogen-bond donors (Lipinski definition) is 0. The van der Waals surface area contributed by atoms with Crippen LogP contribution in [0.5, 0.6) is 0 Å². The lowest BCUT2D eigenvalue weighted by Gasteiger charge is -2.26. The van der Waals surface area contributed by atoms with Crippen LogP contribution in [0.15, 0.2) is 47.8 Å². The molecule has 1 unspecified atom stereocenters. The summed E-state index contributed by atoms with van der Waals surface area (Å²) in [5.41, 5.74) is 1.52. The molecule has 104 valence electrons. The highest BCUT2D eigenvalue weighted by atomic mass is 32.1. The van der Waals surface area contributed by atoms with Gasteiger partial charge in [-0.05, 0) is 30.5 Å². The lowest BCUT2D eigenvalue weighted by molar-refractivity contribution is 0.743. The summed E-state index contributed by atoms with van der Waals surface area (Å²) in [6.45, 7) is 2.13. The Balaban J connectivity index is 2.08. The Labute approximate surface area is 128 Å². The van der Waals surface area contributed by atoms with Gasteiger partial charge in [0.25, 0.3) is 0 Å². The van der Waals surface area contributed by atoms with Crippen molar-refractivity contribution in [1.29, 1.82) is 5.26 Å². The Morgan fingerprint density at radius 3 is 2.76 bits per heavy atom. The minimum absolute atomic E-state index is 0.186. The maximum atomic E-state index is 9.43. The summed E-state index contributed by atoms with van der Waals surface area (Å²) < 4.78 is 0. The van der Waals surface area contributed by atoms with Gasteiger partial charge in [0.1, 0.15) is 11.9 Å². The molecule has 3 rings (SSSR count). The van der Waals surface area contributed by atoms with Crippen LogP contribution in [0.4, 0.5) is 5.82 Å². The van der Waals surface area contributed by atoms with Crippen molar-refractivity contribution in [1.82, 2.24) is 4.98 Å². The van der Waals surface area contributed by atoms with Crippen LogP contribution in [0, 0.1) is 11.3 Å². The van der Waals surface area contributed by atoms with Crippen molar-refractivity contribution in [3.05, 3.63) is 58.3 Å². The van der Waals surface area contributed by atoms with Gasteiger partial charge in [-0.2, -0.15) is 5.26 Å². The molecule has 0 amide bonds. The number of nitriles is 1. The molecule has 0 aliphatic heterocycles. The topological polar surface area (TPSA) is 39.9 Å². The van der Waals surface area contributed by atoms with E-state index < -0.39 is 0 Å². The molecule has 0 saturated heterocycles. The smallest absolute Gasteiger partial charge is 0.147 e. The van der Waals surface area contributed by atoms with E-state index in [-0.39, 0.29) is 6.04 Å². The first-order chi connectivity index (χ1) is 10.2. The van der Waals surface area contributed by atoms with Gasteiger partial charge in [-0.3, -0.25) is 0 Å². The predicted octanol–water partition coefficient (Wildman–Crippen LogP) is 4.37. The number of para-hydroxylation sites is 1. The number of aromatic nitrogens is 1. The molecule has 2 heterocycles. The maximum absolute atomic E-state index is 9.43. The molecule has 0 aliphatic carbocycles. The monoisotopic (exact) mass is 293 g/mol. The largest absolute Gasteiger partial charge is 0.351 e. The zero-order valence-electron chi connectivity index (χ0n) is 11.9. The summed E-state index contributed by atoms with van der Waals surface area (Å²) in [5.74, 6) is 0.733. The summed E-state index contributed by atoms with van der Waals surface area (Å²) in [5, 5.41) is 12.5. The van der Waals surface area contributed by atoms with E-state index >= 15 is 0 Å². The van der Waals surface area contributed by atoms with Crippen molar-refractivity contribution < 1.29 is 0 Å². The molecule has 3 aromatic rings. The van der Waals surface area contributed by atoms with E-state index in [2.05, 4.69) is 34.3 Å². The van der Waals surface area contributed by atoms with Crippen LogP contribution in [0.3, 0.4) is 0 Å². The first-order valence-corrected chi connectivity index (χ1v) is 7.65. The molecule has 4 heteroatoms. The minimum Gasteiger partial charge on any atom is -0.351 e. The Kier molecular flexibility index (Phi) is 3.59. The van der Waals surface area contributed by atoms with Crippen LogP contribution >= 0.6 is 11.3 Å². The number of anilines is 1. The first-order valence-electron chi connectivity index (χ1n) is 6.77. The molecule has 0 bridgehead atoms. The lowest BCUT2D eigenvalue weighted by atomic mass is 10.1. The van der Waals surface area contributed by atoms with E-state index in [4.69, 9.17) is 0 Å². The second-order valence-electron chi connectivity index (χ2n) is 4.97. The Morgan fingerprint density at radius 2 is 2.05 bits per heavy atom. The van der Waals surface area contributed by atoms with Crippen LogP contribution in [0.25, 0.3) is 10.9 Å². The molecule has 0 spiro atoms. The highest BCUT2D eigenvalue weighted by Gasteiger charge is 2.18. The molecule has 1 atom stereocenters. The highest BCUT2D eigenvalue weighted by Crippen LogP contribution is 2.30. The van der Waals surface area contributed by atoms with Gasteiger partial charge in [-0.25, -0.2) is 4.98 Å². The minimum atomic E-state index is 0.186. The Bertz CT molecular complexity index is 803. The van der Waals surface area contributed by atoms with E-state index in [9.17, 15) is 5.26 Å². The Hall–Kier alpha value is -2.38. The molecule has 0 N–H and O–H groups in total. The van der Waals surface area contributed by atoms with Crippen molar-refractivity contribution in [2.45, 2.75) is 13.0 Å². The van der Waals surface area contributed by atoms with Crippen molar-refractivity contribution in [2.75, 3.05) is 11.9 Å². The van der Waals surface area contributed by atoms with Gasteiger partial charge in [0.15, 0.2) is 0 Å². The SMILES string of the molecule is CC(c1cccs1)N(C)c1nc2ccccc2cc1C#N. The number of thiophene rings is 1. The summed E-state index contributed by atoms with van der Waals surface area (Å²) >= 11 is 1.72. The van der Waals surface area contributed by atoms with E-state index in [1.807, 2.05) is 43.4 Å². The number of rotatable bonds is 3. The van der Waals surface area contributed by atoms with E-state index in [1.54, 1.807) is 11.3 Å². The molecular formula is C17H15N3S. The van der Waals surface area contributed by atoms with Gasteiger partial charge in [0.2, 0.25) is 0 Å². The van der Waals surface area contributed by atoms with E-state index in [0.717, 1.165) is 16.7 Å². The normalized spacial score (nSPS) is 12.0. The van der Waals surface area contributed by atoms with Crippen LogP contribution in [0.1, 0.15) is 23.4 Å². The second-order valence-corrected chi connectivity index (χ2v) is 5.95. The zero-order valence-corrected chi connectivity index (χ0v) is 12.8. The molecule has 0 aliphatic rings. The van der Waals surface area contributed by atoms with Gasteiger partial charge < -0.3 is 4.90 Å². The van der Waals surface area contributed by atoms with E-state index in [1.165, 1.54) is 4.88 Å². The molecule has 2 aromatic heterocycles. The summed E-state index contributed by atoms with van der Waals surface area (Å²) in [4.78, 5) is 8.01. The average molecular weight is 293 g/mol. The molecule has 0 saturated carbocycles. The van der Waals surface area contributed by atoms with Crippen LogP contribution in [0.2, 0.25) is 0 Å². The fourth-order valence-electron chi connectivity index (χ4n) is 2.36. The third-order valence-electron chi connectivity index (χ3n) is 3.69. The number of hydrogen-bond acceptors (Lipinski definition) is 4. The number of fused-ring (bicyclic) bond motifs is 1. The number of nitrogens with zero attached hydrogens (tertiary/aromatic N) is 3. The molecule has 1 aromatic carbocycles. The molecule has 0 radical (unpaired) electrons. The molecule has 0 fully saturated rings. The van der Waals surface area contributed by atoms with Gasteiger partial charge in [-0.1, -0.05) is 24.3 Å². The second kappa shape index (κ2) is 5.55. The lowest BCUT2D eigenvalue weighted by Crippen LogP contribution is -2.23. The van der Waals surface area contributed by atoms with Gasteiger partial charge >= 0.3 is 0 Å². The standard InChI is InChI=1S/C17H15N3S/c1-12(16-8-5-9-21-16)20(2)17-14(11-18)10-13-6-3-4-7-15(13)19-17/h3-10,12H,1-2H3. The molecular weight excluding hydrogens is 278 g/mol. The van der Waals surface area contributed by atoms with Crippen LogP contribution in [-0.4, -0.2) is 12.0 Å². The maximum Gasteiger partial charge on any atom is 0.147 e. The van der Waals surface area contributed by atoms with Gasteiger partial charge in [0, 0.05) is 17.3 Å². The summed E-state index contributed by atoms with van der Waals surface area (Å²) in [6, 6.07) is 16.4. The van der Waals surface area contributed by atoms with Gasteiger partial charge in [-0.15, -0.1) is 11.3 Å². The quantitative estimate of drug-likeness (QED) is 0.720. The number of pyridine rings is 1. The fraction of sp³-hybridized carbons (Fsp3) is 0.176. The highest BCUT2D eigenvalue weighted by molar-refractivity contribution is 7.10.